The minimum atomic E-state index is -1.15. The van der Waals surface area contributed by atoms with Crippen LogP contribution in [0.3, 0.4) is 0 Å². The van der Waals surface area contributed by atoms with Gasteiger partial charge in [-0.05, 0) is 64.5 Å². The number of carbonyl (C=O) groups is 4. The molecule has 0 aliphatic rings. The van der Waals surface area contributed by atoms with Gasteiger partial charge in [-0.3, -0.25) is 14.6 Å². The number of methoxy groups -OCH3 is 2. The zero-order valence-corrected chi connectivity index (χ0v) is 30.9. The number of amides is 4. The van der Waals surface area contributed by atoms with Crippen LogP contribution in [0.5, 0.6) is 0 Å². The van der Waals surface area contributed by atoms with Crippen molar-refractivity contribution < 1.29 is 33.8 Å². The maximum absolute atomic E-state index is 13.9. The van der Waals surface area contributed by atoms with Crippen LogP contribution in [0.2, 0.25) is 0 Å². The average Bonchev–Trinajstić information content (AvgIpc) is 3.08. The van der Waals surface area contributed by atoms with Crippen molar-refractivity contribution in [2.24, 2.45) is 10.8 Å². The molecule has 0 aliphatic heterocycles. The molecule has 5 unspecified atom stereocenters. The number of benzene rings is 2. The molecule has 276 valence electrons. The molecule has 1 heterocycles. The van der Waals surface area contributed by atoms with Crippen LogP contribution < -0.4 is 21.3 Å². The Morgan fingerprint density at radius 1 is 0.647 bits per heavy atom. The molecule has 0 saturated heterocycles. The quantitative estimate of drug-likeness (QED) is 0.160. The topological polar surface area (TPSA) is 168 Å². The number of nitrogens with one attached hydrogen (secondary N) is 4. The van der Waals surface area contributed by atoms with Gasteiger partial charge in [-0.25, -0.2) is 9.59 Å². The summed E-state index contributed by atoms with van der Waals surface area (Å²) in [4.78, 5) is 56.1. The highest BCUT2D eigenvalue weighted by Crippen LogP contribution is 2.24. The van der Waals surface area contributed by atoms with Crippen molar-refractivity contribution in [1.29, 1.82) is 0 Å². The van der Waals surface area contributed by atoms with Gasteiger partial charge in [0.2, 0.25) is 11.8 Å². The van der Waals surface area contributed by atoms with Gasteiger partial charge in [0.1, 0.15) is 12.1 Å². The summed E-state index contributed by atoms with van der Waals surface area (Å²) in [5.74, 6) is -0.938. The lowest BCUT2D eigenvalue weighted by atomic mass is 9.85. The van der Waals surface area contributed by atoms with Crippen LogP contribution in [-0.2, 0) is 31.9 Å². The molecule has 1 aromatic heterocycles. The van der Waals surface area contributed by atoms with Gasteiger partial charge in [0.05, 0.1) is 26.4 Å². The van der Waals surface area contributed by atoms with Gasteiger partial charge < -0.3 is 35.8 Å². The number of nitrogens with zero attached hydrogens (tertiary/aromatic N) is 1. The maximum atomic E-state index is 13.9. The lowest BCUT2D eigenvalue weighted by molar-refractivity contribution is -0.128. The van der Waals surface area contributed by atoms with E-state index >= 15 is 0 Å². The Hall–Kier alpha value is -4.97. The first-order valence-electron chi connectivity index (χ1n) is 17.0. The van der Waals surface area contributed by atoms with Crippen molar-refractivity contribution in [3.63, 3.8) is 0 Å². The van der Waals surface area contributed by atoms with Crippen molar-refractivity contribution in [1.82, 2.24) is 26.3 Å². The number of alkyl carbamates (subject to hydrolysis) is 2. The Balaban J connectivity index is 1.96. The average molecular weight is 704 g/mol. The number of aliphatic hydroxyl groups excluding tert-OH is 1. The van der Waals surface area contributed by atoms with E-state index in [1.165, 1.54) is 14.2 Å². The summed E-state index contributed by atoms with van der Waals surface area (Å²) < 4.78 is 9.56. The van der Waals surface area contributed by atoms with Crippen molar-refractivity contribution in [2.75, 3.05) is 14.2 Å². The highest BCUT2D eigenvalue weighted by atomic mass is 16.5. The second-order valence-corrected chi connectivity index (χ2v) is 14.8. The van der Waals surface area contributed by atoms with Crippen LogP contribution in [0.1, 0.15) is 59.1 Å². The van der Waals surface area contributed by atoms with E-state index in [4.69, 9.17) is 9.47 Å². The molecular formula is C39H53N5O7. The van der Waals surface area contributed by atoms with Crippen LogP contribution in [0.4, 0.5) is 9.59 Å². The van der Waals surface area contributed by atoms with E-state index < -0.39 is 65.1 Å². The summed E-state index contributed by atoms with van der Waals surface area (Å²) >= 11 is 0. The second kappa shape index (κ2) is 18.3. The molecule has 4 amide bonds. The van der Waals surface area contributed by atoms with Crippen LogP contribution in [0.25, 0.3) is 11.1 Å². The Morgan fingerprint density at radius 2 is 1.12 bits per heavy atom. The van der Waals surface area contributed by atoms with Gasteiger partial charge >= 0.3 is 12.2 Å². The summed E-state index contributed by atoms with van der Waals surface area (Å²) in [7, 11) is 2.45. The van der Waals surface area contributed by atoms with Crippen molar-refractivity contribution in [3.05, 3.63) is 90.3 Å². The van der Waals surface area contributed by atoms with Gasteiger partial charge in [-0.1, -0.05) is 96.1 Å². The summed E-state index contributed by atoms with van der Waals surface area (Å²) in [6, 6.07) is 17.8. The zero-order chi connectivity index (χ0) is 37.8. The number of aromatic nitrogens is 1. The second-order valence-electron chi connectivity index (χ2n) is 14.8. The molecule has 5 N–H and O–H groups in total. The first-order valence-corrected chi connectivity index (χ1v) is 17.0. The van der Waals surface area contributed by atoms with Crippen LogP contribution in [0, 0.1) is 10.8 Å². The molecular weight excluding hydrogens is 650 g/mol. The molecule has 3 rings (SSSR count). The zero-order valence-electron chi connectivity index (χ0n) is 30.9. The van der Waals surface area contributed by atoms with Gasteiger partial charge in [0.25, 0.3) is 0 Å². The fourth-order valence-electron chi connectivity index (χ4n) is 5.72. The number of pyridine rings is 1. The number of hydrogen-bond donors (Lipinski definition) is 5. The Bertz CT molecular complexity index is 1570. The van der Waals surface area contributed by atoms with E-state index in [0.717, 1.165) is 22.3 Å². The highest BCUT2D eigenvalue weighted by molar-refractivity contribution is 5.87. The Morgan fingerprint density at radius 3 is 1.61 bits per heavy atom. The summed E-state index contributed by atoms with van der Waals surface area (Å²) in [6.45, 7) is 10.9. The largest absolute Gasteiger partial charge is 0.453 e. The Labute approximate surface area is 301 Å². The molecule has 3 aromatic rings. The lowest BCUT2D eigenvalue weighted by Gasteiger charge is -2.34. The molecule has 0 saturated carbocycles. The summed E-state index contributed by atoms with van der Waals surface area (Å²) in [5.41, 5.74) is 2.39. The lowest BCUT2D eigenvalue weighted by Crippen LogP contribution is -2.59. The smallest absolute Gasteiger partial charge is 0.407 e. The third kappa shape index (κ3) is 12.7. The van der Waals surface area contributed by atoms with E-state index in [2.05, 4.69) is 26.3 Å². The van der Waals surface area contributed by atoms with E-state index in [1.807, 2.05) is 108 Å². The molecule has 51 heavy (non-hydrogen) atoms. The van der Waals surface area contributed by atoms with Crippen LogP contribution in [0.15, 0.2) is 79.1 Å². The number of aliphatic hydroxyl groups is 1. The van der Waals surface area contributed by atoms with Gasteiger partial charge in [-0.2, -0.15) is 0 Å². The SMILES string of the molecule is COC(=O)NC(C(=O)NC(Cc1ccccc1)CC(O)C(Cc1ccc(-c2ccncc2)cc1)NC(=O)C(NC(=O)OC)C(C)(C)C)C(C)(C)C. The third-order valence-corrected chi connectivity index (χ3v) is 8.56. The van der Waals surface area contributed by atoms with E-state index in [0.29, 0.717) is 6.42 Å². The molecule has 0 aliphatic carbocycles. The fourth-order valence-corrected chi connectivity index (χ4v) is 5.72. The predicted octanol–water partition coefficient (Wildman–Crippen LogP) is 4.80. The minimum absolute atomic E-state index is 0.0559. The molecule has 12 heteroatoms. The van der Waals surface area contributed by atoms with E-state index in [9.17, 15) is 24.3 Å². The molecule has 5 atom stereocenters. The van der Waals surface area contributed by atoms with Gasteiger partial charge in [-0.15, -0.1) is 0 Å². The molecule has 2 aromatic carbocycles. The summed E-state index contributed by atoms with van der Waals surface area (Å²) in [5, 5.41) is 23.2. The van der Waals surface area contributed by atoms with E-state index in [1.54, 1.807) is 12.4 Å². The molecule has 0 fully saturated rings. The maximum Gasteiger partial charge on any atom is 0.407 e. The normalized spacial score (nSPS) is 14.5. The predicted molar refractivity (Wildman–Crippen MR) is 196 cm³/mol. The molecule has 0 bridgehead atoms. The van der Waals surface area contributed by atoms with Crippen LogP contribution >= 0.6 is 0 Å². The standard InChI is InChI=1S/C39H53N5O7/c1-38(2,3)32(43-36(48)50-7)34(46)41-29(22-25-12-10-9-11-13-25)24-31(45)30(42-35(47)33(39(4,5)6)44-37(49)51-8)23-26-14-16-27(17-15-26)28-18-20-40-21-19-28/h9-21,29-33,45H,22-24H2,1-8H3,(H,41,46)(H,42,47)(H,43,48)(H,44,49). The first kappa shape index (κ1) is 40.5. The first-order chi connectivity index (χ1) is 24.0. The van der Waals surface area contributed by atoms with Crippen LogP contribution in [-0.4, -0.2) is 78.6 Å². The Kier molecular flexibility index (Phi) is 14.5. The summed E-state index contributed by atoms with van der Waals surface area (Å²) in [6.07, 6.45) is 1.47. The monoisotopic (exact) mass is 703 g/mol. The van der Waals surface area contributed by atoms with Crippen molar-refractivity contribution in [2.45, 2.75) is 91.1 Å². The number of rotatable bonds is 14. The number of hydrogen-bond acceptors (Lipinski definition) is 8. The van der Waals surface area contributed by atoms with Crippen molar-refractivity contribution in [3.8, 4) is 11.1 Å². The minimum Gasteiger partial charge on any atom is -0.453 e. The van der Waals surface area contributed by atoms with Gasteiger partial charge in [0, 0.05) is 18.4 Å². The molecule has 0 radical (unpaired) electrons. The van der Waals surface area contributed by atoms with E-state index in [-0.39, 0.29) is 12.8 Å². The van der Waals surface area contributed by atoms with Gasteiger partial charge in [0.15, 0.2) is 0 Å². The number of carbonyl (C=O) groups excluding carboxylic acids is 4. The third-order valence-electron chi connectivity index (χ3n) is 8.56. The molecule has 12 nitrogen and oxygen atoms in total. The fraction of sp³-hybridized carbons (Fsp3) is 0.462. The van der Waals surface area contributed by atoms with Crippen molar-refractivity contribution >= 4 is 24.0 Å². The number of ether oxygens (including phenoxy) is 2. The highest BCUT2D eigenvalue weighted by Gasteiger charge is 2.37. The molecule has 0 spiro atoms.